The highest BCUT2D eigenvalue weighted by Gasteiger charge is 2.28. The van der Waals surface area contributed by atoms with Crippen molar-refractivity contribution in [2.75, 3.05) is 20.1 Å². The number of rotatable bonds is 7. The van der Waals surface area contributed by atoms with E-state index in [1.807, 2.05) is 6.92 Å². The molecule has 0 saturated heterocycles. The number of carbonyl (C=O) groups is 2. The van der Waals surface area contributed by atoms with Crippen molar-refractivity contribution >= 4 is 12.0 Å². The standard InChI is InChI=1S/C11H19F3N2O3/c1-3-4-8(9(17)18)7-15-10(19)16(2)6-5-11(12,13)14/h8H,3-7H2,1-2H3,(H,15,19)(H,17,18). The maximum absolute atomic E-state index is 12.0. The van der Waals surface area contributed by atoms with E-state index in [0.29, 0.717) is 12.8 Å². The van der Waals surface area contributed by atoms with Crippen molar-refractivity contribution in [2.45, 2.75) is 32.4 Å². The summed E-state index contributed by atoms with van der Waals surface area (Å²) in [7, 11) is 1.23. The maximum Gasteiger partial charge on any atom is 0.390 e. The summed E-state index contributed by atoms with van der Waals surface area (Å²) < 4.78 is 35.9. The largest absolute Gasteiger partial charge is 0.481 e. The van der Waals surface area contributed by atoms with Gasteiger partial charge in [0.1, 0.15) is 0 Å². The van der Waals surface area contributed by atoms with E-state index < -0.39 is 37.1 Å². The predicted molar refractivity (Wildman–Crippen MR) is 62.7 cm³/mol. The van der Waals surface area contributed by atoms with Crippen molar-refractivity contribution < 1.29 is 27.9 Å². The average molecular weight is 284 g/mol. The fourth-order valence-corrected chi connectivity index (χ4v) is 1.40. The quantitative estimate of drug-likeness (QED) is 0.752. The number of amides is 2. The molecule has 2 N–H and O–H groups in total. The van der Waals surface area contributed by atoms with Crippen LogP contribution in [0.5, 0.6) is 0 Å². The number of carboxylic acids is 1. The summed E-state index contributed by atoms with van der Waals surface area (Å²) in [6.45, 7) is 1.27. The monoisotopic (exact) mass is 284 g/mol. The minimum atomic E-state index is -4.32. The summed E-state index contributed by atoms with van der Waals surface area (Å²) in [5, 5.41) is 11.2. The predicted octanol–water partition coefficient (Wildman–Crippen LogP) is 2.08. The topological polar surface area (TPSA) is 69.6 Å². The molecule has 0 aromatic heterocycles. The zero-order valence-electron chi connectivity index (χ0n) is 11.0. The first-order valence-corrected chi connectivity index (χ1v) is 5.96. The molecule has 0 rings (SSSR count). The molecule has 0 aliphatic rings. The molecule has 0 aliphatic carbocycles. The van der Waals surface area contributed by atoms with Crippen molar-refractivity contribution in [3.63, 3.8) is 0 Å². The van der Waals surface area contributed by atoms with Crippen LogP contribution in [0.25, 0.3) is 0 Å². The third kappa shape index (κ3) is 8.28. The molecule has 1 unspecified atom stereocenters. The molecule has 1 atom stereocenters. The summed E-state index contributed by atoms with van der Waals surface area (Å²) in [6.07, 6.45) is -4.35. The number of urea groups is 1. The van der Waals surface area contributed by atoms with E-state index in [0.717, 1.165) is 4.90 Å². The van der Waals surface area contributed by atoms with Gasteiger partial charge in [0, 0.05) is 20.1 Å². The Balaban J connectivity index is 4.11. The van der Waals surface area contributed by atoms with Crippen LogP contribution in [0, 0.1) is 5.92 Å². The zero-order valence-corrected chi connectivity index (χ0v) is 11.0. The molecule has 0 saturated carbocycles. The fourth-order valence-electron chi connectivity index (χ4n) is 1.40. The van der Waals surface area contributed by atoms with Gasteiger partial charge in [-0.1, -0.05) is 13.3 Å². The smallest absolute Gasteiger partial charge is 0.390 e. The van der Waals surface area contributed by atoms with E-state index in [4.69, 9.17) is 5.11 Å². The third-order valence-electron chi connectivity index (χ3n) is 2.56. The van der Waals surface area contributed by atoms with Crippen molar-refractivity contribution in [3.05, 3.63) is 0 Å². The molecule has 0 bridgehead atoms. The Kier molecular flexibility index (Phi) is 7.25. The first-order valence-electron chi connectivity index (χ1n) is 5.96. The van der Waals surface area contributed by atoms with E-state index in [-0.39, 0.29) is 6.54 Å². The number of carboxylic acid groups (broad SMARTS) is 1. The average Bonchev–Trinajstić information content (AvgIpc) is 2.29. The van der Waals surface area contributed by atoms with Gasteiger partial charge in [-0.25, -0.2) is 4.79 Å². The lowest BCUT2D eigenvalue weighted by atomic mass is 10.0. The Bertz CT molecular complexity index is 308. The first kappa shape index (κ1) is 17.5. The minimum absolute atomic E-state index is 0.0850. The van der Waals surface area contributed by atoms with Gasteiger partial charge in [0.15, 0.2) is 0 Å². The second-order valence-electron chi connectivity index (χ2n) is 4.30. The highest BCUT2D eigenvalue weighted by Crippen LogP contribution is 2.19. The van der Waals surface area contributed by atoms with Crippen LogP contribution in [-0.2, 0) is 4.79 Å². The van der Waals surface area contributed by atoms with Gasteiger partial charge in [-0.05, 0) is 6.42 Å². The van der Waals surface area contributed by atoms with E-state index >= 15 is 0 Å². The second kappa shape index (κ2) is 7.85. The van der Waals surface area contributed by atoms with Crippen molar-refractivity contribution in [3.8, 4) is 0 Å². The fraction of sp³-hybridized carbons (Fsp3) is 0.818. The molecule has 0 aliphatic heterocycles. The van der Waals surface area contributed by atoms with Gasteiger partial charge < -0.3 is 15.3 Å². The SMILES string of the molecule is CCCC(CNC(=O)N(C)CCC(F)(F)F)C(=O)O. The number of nitrogens with one attached hydrogen (secondary N) is 1. The Labute approximate surface area is 109 Å². The Hall–Kier alpha value is -1.47. The van der Waals surface area contributed by atoms with Gasteiger partial charge >= 0.3 is 18.2 Å². The van der Waals surface area contributed by atoms with E-state index in [9.17, 15) is 22.8 Å². The van der Waals surface area contributed by atoms with Crippen LogP contribution in [0.2, 0.25) is 0 Å². The molecular weight excluding hydrogens is 265 g/mol. The summed E-state index contributed by atoms with van der Waals surface area (Å²) in [4.78, 5) is 23.1. The minimum Gasteiger partial charge on any atom is -0.481 e. The molecule has 112 valence electrons. The lowest BCUT2D eigenvalue weighted by molar-refractivity contribution is -0.141. The molecule has 0 heterocycles. The number of halogens is 3. The van der Waals surface area contributed by atoms with Crippen molar-refractivity contribution in [1.82, 2.24) is 10.2 Å². The van der Waals surface area contributed by atoms with Crippen LogP contribution in [0.3, 0.4) is 0 Å². The normalized spacial score (nSPS) is 12.9. The van der Waals surface area contributed by atoms with Crippen LogP contribution in [-0.4, -0.2) is 48.3 Å². The second-order valence-corrected chi connectivity index (χ2v) is 4.30. The van der Waals surface area contributed by atoms with Crippen molar-refractivity contribution in [1.29, 1.82) is 0 Å². The summed E-state index contributed by atoms with van der Waals surface area (Å²) >= 11 is 0. The Morgan fingerprint density at radius 2 is 1.95 bits per heavy atom. The highest BCUT2D eigenvalue weighted by molar-refractivity contribution is 5.75. The number of aliphatic carboxylic acids is 1. The maximum atomic E-state index is 12.0. The van der Waals surface area contributed by atoms with Gasteiger partial charge in [0.25, 0.3) is 0 Å². The molecule has 0 fully saturated rings. The third-order valence-corrected chi connectivity index (χ3v) is 2.56. The molecule has 0 spiro atoms. The van der Waals surface area contributed by atoms with Crippen LogP contribution in [0.1, 0.15) is 26.2 Å². The first-order chi connectivity index (χ1) is 8.67. The van der Waals surface area contributed by atoms with Gasteiger partial charge in [-0.15, -0.1) is 0 Å². The van der Waals surface area contributed by atoms with Gasteiger partial charge in [-0.3, -0.25) is 4.79 Å². The van der Waals surface area contributed by atoms with E-state index in [1.165, 1.54) is 7.05 Å². The lowest BCUT2D eigenvalue weighted by Crippen LogP contribution is -2.42. The Morgan fingerprint density at radius 3 is 2.37 bits per heavy atom. The van der Waals surface area contributed by atoms with Crippen LogP contribution in [0.15, 0.2) is 0 Å². The summed E-state index contributed by atoms with van der Waals surface area (Å²) in [5.74, 6) is -1.75. The Morgan fingerprint density at radius 1 is 1.37 bits per heavy atom. The van der Waals surface area contributed by atoms with Gasteiger partial charge in [0.2, 0.25) is 0 Å². The van der Waals surface area contributed by atoms with Gasteiger partial charge in [-0.2, -0.15) is 13.2 Å². The highest BCUT2D eigenvalue weighted by atomic mass is 19.4. The molecule has 2 amide bonds. The molecule has 0 aromatic rings. The van der Waals surface area contributed by atoms with Crippen LogP contribution in [0.4, 0.5) is 18.0 Å². The van der Waals surface area contributed by atoms with Crippen molar-refractivity contribution in [2.24, 2.45) is 5.92 Å². The number of hydrogen-bond acceptors (Lipinski definition) is 2. The lowest BCUT2D eigenvalue weighted by Gasteiger charge is -2.20. The van der Waals surface area contributed by atoms with Crippen LogP contribution >= 0.6 is 0 Å². The molecule has 19 heavy (non-hydrogen) atoms. The molecule has 0 aromatic carbocycles. The number of carbonyl (C=O) groups excluding carboxylic acids is 1. The molecule has 5 nitrogen and oxygen atoms in total. The van der Waals surface area contributed by atoms with E-state index in [1.54, 1.807) is 0 Å². The zero-order chi connectivity index (χ0) is 15.1. The summed E-state index contributed by atoms with van der Waals surface area (Å²) in [6, 6.07) is -0.702. The van der Waals surface area contributed by atoms with Crippen LogP contribution < -0.4 is 5.32 Å². The number of alkyl halides is 3. The number of nitrogens with zero attached hydrogens (tertiary/aromatic N) is 1. The van der Waals surface area contributed by atoms with Gasteiger partial charge in [0.05, 0.1) is 12.3 Å². The van der Waals surface area contributed by atoms with E-state index in [2.05, 4.69) is 5.32 Å². The molecule has 0 radical (unpaired) electrons. The molecule has 8 heteroatoms. The number of hydrogen-bond donors (Lipinski definition) is 2. The molecular formula is C11H19F3N2O3. The summed E-state index contributed by atoms with van der Waals surface area (Å²) in [5.41, 5.74) is 0.